The number of aliphatic carboxylic acids is 1. The molecule has 0 aliphatic heterocycles. The van der Waals surface area contributed by atoms with E-state index < -0.39 is 5.97 Å². The van der Waals surface area contributed by atoms with E-state index >= 15 is 0 Å². The molecule has 0 spiro atoms. The number of carboxylic acids is 1. The number of aromatic nitrogens is 1. The quantitative estimate of drug-likeness (QED) is 0.857. The number of carbonyl (C=O) groups is 1. The minimum absolute atomic E-state index is 0.296. The minimum atomic E-state index is -0.996. The van der Waals surface area contributed by atoms with Gasteiger partial charge in [-0.15, -0.1) is 0 Å². The molecule has 0 fully saturated rings. The Balaban J connectivity index is 2.39. The summed E-state index contributed by atoms with van der Waals surface area (Å²) in [5.74, 6) is -1.29. The van der Waals surface area contributed by atoms with Crippen molar-refractivity contribution in [3.8, 4) is 11.1 Å². The lowest BCUT2D eigenvalue weighted by molar-refractivity contribution is -0.131. The zero-order valence-electron chi connectivity index (χ0n) is 10.3. The monoisotopic (exact) mass is 257 g/mol. The highest BCUT2D eigenvalue weighted by Crippen LogP contribution is 2.22. The molecule has 0 amide bonds. The highest BCUT2D eigenvalue weighted by molar-refractivity contribution is 5.89. The summed E-state index contributed by atoms with van der Waals surface area (Å²) in [6.07, 6.45) is 4.39. The van der Waals surface area contributed by atoms with Gasteiger partial charge >= 0.3 is 5.97 Å². The van der Waals surface area contributed by atoms with Crippen LogP contribution in [-0.2, 0) is 4.79 Å². The molecule has 1 N–H and O–H groups in total. The number of hydrogen-bond donors (Lipinski definition) is 1. The highest BCUT2D eigenvalue weighted by atomic mass is 19.1. The molecule has 1 aromatic heterocycles. The predicted octanol–water partition coefficient (Wildman–Crippen LogP) is 3.38. The topological polar surface area (TPSA) is 50.2 Å². The molecule has 0 aliphatic rings. The molecule has 1 heterocycles. The van der Waals surface area contributed by atoms with E-state index in [0.29, 0.717) is 5.57 Å². The summed E-state index contributed by atoms with van der Waals surface area (Å²) in [5, 5.41) is 8.72. The van der Waals surface area contributed by atoms with E-state index in [4.69, 9.17) is 5.11 Å². The first-order chi connectivity index (χ1) is 9.06. The van der Waals surface area contributed by atoms with Gasteiger partial charge < -0.3 is 5.11 Å². The van der Waals surface area contributed by atoms with E-state index in [1.165, 1.54) is 12.1 Å². The zero-order valence-corrected chi connectivity index (χ0v) is 10.3. The highest BCUT2D eigenvalue weighted by Gasteiger charge is 2.03. The average molecular weight is 257 g/mol. The normalized spacial score (nSPS) is 11.4. The van der Waals surface area contributed by atoms with Gasteiger partial charge in [-0.05, 0) is 41.8 Å². The summed E-state index contributed by atoms with van der Waals surface area (Å²) in [7, 11) is 0. The van der Waals surface area contributed by atoms with Crippen molar-refractivity contribution >= 4 is 11.5 Å². The third-order valence-electron chi connectivity index (χ3n) is 2.71. The molecule has 1 aromatic carbocycles. The minimum Gasteiger partial charge on any atom is -0.478 e. The number of halogens is 1. The molecule has 3 nitrogen and oxygen atoms in total. The lowest BCUT2D eigenvalue weighted by Gasteiger charge is -2.05. The fourth-order valence-electron chi connectivity index (χ4n) is 1.72. The van der Waals surface area contributed by atoms with E-state index in [-0.39, 0.29) is 5.82 Å². The second kappa shape index (κ2) is 5.44. The van der Waals surface area contributed by atoms with Crippen LogP contribution in [0.15, 0.2) is 48.8 Å². The molecular formula is C15H12FNO2. The molecular weight excluding hydrogens is 245 g/mol. The van der Waals surface area contributed by atoms with Crippen LogP contribution in [0.5, 0.6) is 0 Å². The fourth-order valence-corrected chi connectivity index (χ4v) is 1.72. The van der Waals surface area contributed by atoms with Crippen molar-refractivity contribution in [1.82, 2.24) is 4.98 Å². The predicted molar refractivity (Wildman–Crippen MR) is 70.9 cm³/mol. The lowest BCUT2D eigenvalue weighted by Crippen LogP contribution is -1.91. The van der Waals surface area contributed by atoms with Gasteiger partial charge in [0, 0.05) is 24.0 Å². The van der Waals surface area contributed by atoms with Crippen molar-refractivity contribution in [2.75, 3.05) is 0 Å². The van der Waals surface area contributed by atoms with Crippen LogP contribution in [0.4, 0.5) is 4.39 Å². The van der Waals surface area contributed by atoms with E-state index in [1.807, 2.05) is 6.07 Å². The molecule has 0 saturated heterocycles. The van der Waals surface area contributed by atoms with Crippen LogP contribution in [-0.4, -0.2) is 16.1 Å². The van der Waals surface area contributed by atoms with Gasteiger partial charge in [0.25, 0.3) is 0 Å². The van der Waals surface area contributed by atoms with Crippen molar-refractivity contribution in [3.63, 3.8) is 0 Å². The molecule has 2 rings (SSSR count). The summed E-state index contributed by atoms with van der Waals surface area (Å²) in [6.45, 7) is 1.71. The van der Waals surface area contributed by atoms with Crippen LogP contribution in [0.3, 0.4) is 0 Å². The maximum absolute atomic E-state index is 12.9. The Morgan fingerprint density at radius 1 is 1.21 bits per heavy atom. The van der Waals surface area contributed by atoms with Crippen LogP contribution < -0.4 is 0 Å². The molecule has 0 saturated carbocycles. The number of allylic oxidation sites excluding steroid dienone is 1. The third kappa shape index (κ3) is 3.25. The largest absolute Gasteiger partial charge is 0.478 e. The van der Waals surface area contributed by atoms with Gasteiger partial charge in [0.05, 0.1) is 0 Å². The van der Waals surface area contributed by atoms with Gasteiger partial charge in [-0.3, -0.25) is 4.98 Å². The molecule has 96 valence electrons. The lowest BCUT2D eigenvalue weighted by atomic mass is 10.0. The molecule has 0 bridgehead atoms. The van der Waals surface area contributed by atoms with Gasteiger partial charge in [0.15, 0.2) is 0 Å². The Morgan fingerprint density at radius 3 is 2.53 bits per heavy atom. The van der Waals surface area contributed by atoms with Crippen molar-refractivity contribution in [3.05, 3.63) is 60.2 Å². The Kier molecular flexibility index (Phi) is 3.71. The van der Waals surface area contributed by atoms with Crippen LogP contribution >= 0.6 is 0 Å². The number of rotatable bonds is 3. The SMILES string of the molecule is C/C(=C\C(=O)O)c1cncc(-c2ccc(F)cc2)c1. The van der Waals surface area contributed by atoms with Crippen LogP contribution in [0.25, 0.3) is 16.7 Å². The Bertz CT molecular complexity index is 633. The van der Waals surface area contributed by atoms with E-state index in [0.717, 1.165) is 22.8 Å². The van der Waals surface area contributed by atoms with Crippen molar-refractivity contribution in [2.45, 2.75) is 6.92 Å². The molecule has 2 aromatic rings. The van der Waals surface area contributed by atoms with Crippen molar-refractivity contribution < 1.29 is 14.3 Å². The van der Waals surface area contributed by atoms with Crippen molar-refractivity contribution in [2.24, 2.45) is 0 Å². The van der Waals surface area contributed by atoms with Gasteiger partial charge in [0.2, 0.25) is 0 Å². The third-order valence-corrected chi connectivity index (χ3v) is 2.71. The second-order valence-corrected chi connectivity index (χ2v) is 4.13. The molecule has 0 atom stereocenters. The number of nitrogens with zero attached hydrogens (tertiary/aromatic N) is 1. The fraction of sp³-hybridized carbons (Fsp3) is 0.0667. The molecule has 0 radical (unpaired) electrons. The molecule has 0 aliphatic carbocycles. The smallest absolute Gasteiger partial charge is 0.328 e. The first kappa shape index (κ1) is 13.0. The number of pyridine rings is 1. The van der Waals surface area contributed by atoms with E-state index in [1.54, 1.807) is 31.5 Å². The van der Waals surface area contributed by atoms with Crippen LogP contribution in [0, 0.1) is 5.82 Å². The van der Waals surface area contributed by atoms with Gasteiger partial charge in [-0.25, -0.2) is 9.18 Å². The van der Waals surface area contributed by atoms with E-state index in [2.05, 4.69) is 4.98 Å². The van der Waals surface area contributed by atoms with Gasteiger partial charge in [-0.2, -0.15) is 0 Å². The first-order valence-electron chi connectivity index (χ1n) is 5.69. The molecule has 19 heavy (non-hydrogen) atoms. The summed E-state index contributed by atoms with van der Waals surface area (Å²) in [6, 6.07) is 7.90. The van der Waals surface area contributed by atoms with Crippen molar-refractivity contribution in [1.29, 1.82) is 0 Å². The van der Waals surface area contributed by atoms with E-state index in [9.17, 15) is 9.18 Å². The Hall–Kier alpha value is -2.49. The van der Waals surface area contributed by atoms with Gasteiger partial charge in [0.1, 0.15) is 5.82 Å². The Labute approximate surface area is 110 Å². The zero-order chi connectivity index (χ0) is 13.8. The average Bonchev–Trinajstić information content (AvgIpc) is 2.39. The number of benzene rings is 1. The number of carboxylic acid groups (broad SMARTS) is 1. The summed E-state index contributed by atoms with van der Waals surface area (Å²) in [5.41, 5.74) is 2.99. The first-order valence-corrected chi connectivity index (χ1v) is 5.69. The Morgan fingerprint density at radius 2 is 1.89 bits per heavy atom. The molecule has 4 heteroatoms. The maximum Gasteiger partial charge on any atom is 0.328 e. The van der Waals surface area contributed by atoms with Crippen LogP contribution in [0.1, 0.15) is 12.5 Å². The summed E-state index contributed by atoms with van der Waals surface area (Å²) < 4.78 is 12.9. The van der Waals surface area contributed by atoms with Crippen LogP contribution in [0.2, 0.25) is 0 Å². The molecule has 0 unspecified atom stereocenters. The maximum atomic E-state index is 12.9. The standard InChI is InChI=1S/C15H12FNO2/c1-10(6-15(18)19)12-7-13(9-17-8-12)11-2-4-14(16)5-3-11/h2-9H,1H3,(H,18,19)/b10-6+. The second-order valence-electron chi connectivity index (χ2n) is 4.13. The summed E-state index contributed by atoms with van der Waals surface area (Å²) >= 11 is 0. The summed E-state index contributed by atoms with van der Waals surface area (Å²) in [4.78, 5) is 14.7. The number of hydrogen-bond acceptors (Lipinski definition) is 2. The van der Waals surface area contributed by atoms with Gasteiger partial charge in [-0.1, -0.05) is 12.1 Å².